The van der Waals surface area contributed by atoms with E-state index in [-0.39, 0.29) is 36.5 Å². The number of hydrogen-bond donors (Lipinski definition) is 2. The lowest BCUT2D eigenvalue weighted by molar-refractivity contribution is -0.125. The average Bonchev–Trinajstić information content (AvgIpc) is 2.61. The van der Waals surface area contributed by atoms with Crippen LogP contribution >= 0.6 is 0 Å². The zero-order valence-electron chi connectivity index (χ0n) is 17.2. The van der Waals surface area contributed by atoms with Gasteiger partial charge in [0, 0.05) is 5.54 Å². The second-order valence-corrected chi connectivity index (χ2v) is 8.19. The first-order chi connectivity index (χ1) is 13.2. The van der Waals surface area contributed by atoms with Gasteiger partial charge in [-0.05, 0) is 45.4 Å². The predicted molar refractivity (Wildman–Crippen MR) is 113 cm³/mol. The molecule has 5 heteroatoms. The van der Waals surface area contributed by atoms with Gasteiger partial charge in [-0.2, -0.15) is 0 Å². The van der Waals surface area contributed by atoms with E-state index in [4.69, 9.17) is 0 Å². The van der Waals surface area contributed by atoms with Gasteiger partial charge in [-0.3, -0.25) is 14.5 Å². The van der Waals surface area contributed by atoms with Crippen molar-refractivity contribution in [2.75, 3.05) is 20.1 Å². The molecule has 0 saturated carbocycles. The zero-order chi connectivity index (χ0) is 20.6. The summed E-state index contributed by atoms with van der Waals surface area (Å²) in [5.74, 6) is -0.192. The molecule has 0 spiro atoms. The van der Waals surface area contributed by atoms with Crippen LogP contribution in [0.5, 0.6) is 0 Å². The summed E-state index contributed by atoms with van der Waals surface area (Å²) in [4.78, 5) is 26.4. The highest BCUT2D eigenvalue weighted by Gasteiger charge is 2.19. The summed E-state index contributed by atoms with van der Waals surface area (Å²) in [6.45, 7) is 6.15. The molecular weight excluding hydrogens is 350 g/mol. The van der Waals surface area contributed by atoms with Gasteiger partial charge in [-0.1, -0.05) is 60.7 Å². The number of carbonyl (C=O) groups excluding carboxylic acids is 2. The number of nitrogens with one attached hydrogen (secondary N) is 2. The molecule has 150 valence electrons. The second kappa shape index (κ2) is 10.0. The van der Waals surface area contributed by atoms with Crippen molar-refractivity contribution in [1.82, 2.24) is 15.5 Å². The van der Waals surface area contributed by atoms with Gasteiger partial charge in [0.2, 0.25) is 11.8 Å². The van der Waals surface area contributed by atoms with Gasteiger partial charge in [0.1, 0.15) is 0 Å². The number of rotatable bonds is 8. The molecule has 0 unspecified atom stereocenters. The molecule has 2 aromatic carbocycles. The number of amides is 2. The lowest BCUT2D eigenvalue weighted by Crippen LogP contribution is -2.47. The van der Waals surface area contributed by atoms with Gasteiger partial charge in [0.05, 0.1) is 19.1 Å². The van der Waals surface area contributed by atoms with Crippen LogP contribution in [0.4, 0.5) is 0 Å². The summed E-state index contributed by atoms with van der Waals surface area (Å²) >= 11 is 0. The molecule has 2 amide bonds. The molecule has 0 aliphatic carbocycles. The number of hydrogen-bond acceptors (Lipinski definition) is 3. The standard InChI is InChI=1S/C23H31N3O2/c1-23(2,3)25-22(28)17-26(4)16-21(27)24-20(19-13-9-6-10-14-19)15-18-11-7-5-8-12-18/h5-14,20H,15-17H2,1-4H3,(H,24,27)(H,25,28)/t20-/m1/s1. The zero-order valence-corrected chi connectivity index (χ0v) is 17.2. The molecule has 0 aliphatic rings. The fourth-order valence-corrected chi connectivity index (χ4v) is 3.03. The van der Waals surface area contributed by atoms with Crippen LogP contribution in [-0.2, 0) is 16.0 Å². The van der Waals surface area contributed by atoms with E-state index < -0.39 is 0 Å². The van der Waals surface area contributed by atoms with E-state index in [9.17, 15) is 9.59 Å². The Labute approximate surface area is 168 Å². The third kappa shape index (κ3) is 7.92. The van der Waals surface area contributed by atoms with E-state index in [1.165, 1.54) is 0 Å². The van der Waals surface area contributed by atoms with Crippen molar-refractivity contribution >= 4 is 11.8 Å². The minimum absolute atomic E-state index is 0.0910. The van der Waals surface area contributed by atoms with Gasteiger partial charge in [0.15, 0.2) is 0 Å². The SMILES string of the molecule is CN(CC(=O)N[C@H](Cc1ccccc1)c1ccccc1)CC(=O)NC(C)(C)C. The highest BCUT2D eigenvalue weighted by molar-refractivity contribution is 5.81. The summed E-state index contributed by atoms with van der Waals surface area (Å²) in [5.41, 5.74) is 1.94. The molecule has 5 nitrogen and oxygen atoms in total. The lowest BCUT2D eigenvalue weighted by atomic mass is 9.99. The van der Waals surface area contributed by atoms with Crippen molar-refractivity contribution in [3.8, 4) is 0 Å². The van der Waals surface area contributed by atoms with Gasteiger partial charge >= 0.3 is 0 Å². The van der Waals surface area contributed by atoms with Crippen molar-refractivity contribution in [2.45, 2.75) is 38.8 Å². The van der Waals surface area contributed by atoms with Gasteiger partial charge < -0.3 is 10.6 Å². The van der Waals surface area contributed by atoms with Crippen LogP contribution in [0.25, 0.3) is 0 Å². The molecule has 0 fully saturated rings. The monoisotopic (exact) mass is 381 g/mol. The van der Waals surface area contributed by atoms with E-state index in [1.807, 2.05) is 69.3 Å². The topological polar surface area (TPSA) is 61.4 Å². The molecule has 0 aromatic heterocycles. The van der Waals surface area contributed by atoms with Crippen LogP contribution < -0.4 is 10.6 Å². The Kier molecular flexibility index (Phi) is 7.76. The molecule has 0 bridgehead atoms. The van der Waals surface area contributed by atoms with Gasteiger partial charge in [-0.15, -0.1) is 0 Å². The third-order valence-electron chi connectivity index (χ3n) is 4.16. The molecule has 2 N–H and O–H groups in total. The molecule has 2 rings (SSSR count). The quantitative estimate of drug-likeness (QED) is 0.739. The molecular formula is C23H31N3O2. The first-order valence-corrected chi connectivity index (χ1v) is 9.61. The fourth-order valence-electron chi connectivity index (χ4n) is 3.03. The Morgan fingerprint density at radius 3 is 2.00 bits per heavy atom. The maximum absolute atomic E-state index is 12.6. The Bertz CT molecular complexity index is 754. The Balaban J connectivity index is 1.97. The van der Waals surface area contributed by atoms with Crippen LogP contribution in [-0.4, -0.2) is 42.4 Å². The molecule has 28 heavy (non-hydrogen) atoms. The number of nitrogens with zero attached hydrogens (tertiary/aromatic N) is 1. The van der Waals surface area contributed by atoms with Crippen LogP contribution in [0.15, 0.2) is 60.7 Å². The number of carbonyl (C=O) groups is 2. The van der Waals surface area contributed by atoms with E-state index in [2.05, 4.69) is 22.8 Å². The van der Waals surface area contributed by atoms with Crippen LogP contribution in [0, 0.1) is 0 Å². The lowest BCUT2D eigenvalue weighted by Gasteiger charge is -2.24. The van der Waals surface area contributed by atoms with Crippen LogP contribution in [0.2, 0.25) is 0 Å². The molecule has 1 atom stereocenters. The van der Waals surface area contributed by atoms with Crippen molar-refractivity contribution in [1.29, 1.82) is 0 Å². The largest absolute Gasteiger partial charge is 0.350 e. The van der Waals surface area contributed by atoms with E-state index in [1.54, 1.807) is 11.9 Å². The molecule has 0 radical (unpaired) electrons. The summed E-state index contributed by atoms with van der Waals surface area (Å²) < 4.78 is 0. The Morgan fingerprint density at radius 2 is 1.43 bits per heavy atom. The minimum Gasteiger partial charge on any atom is -0.350 e. The Hall–Kier alpha value is -2.66. The molecule has 0 heterocycles. The third-order valence-corrected chi connectivity index (χ3v) is 4.16. The smallest absolute Gasteiger partial charge is 0.234 e. The van der Waals surface area contributed by atoms with Crippen molar-refractivity contribution in [2.24, 2.45) is 0 Å². The van der Waals surface area contributed by atoms with Crippen LogP contribution in [0.1, 0.15) is 37.9 Å². The first-order valence-electron chi connectivity index (χ1n) is 9.61. The van der Waals surface area contributed by atoms with Crippen molar-refractivity contribution in [3.63, 3.8) is 0 Å². The van der Waals surface area contributed by atoms with E-state index in [0.29, 0.717) is 6.42 Å². The predicted octanol–water partition coefficient (Wildman–Crippen LogP) is 2.93. The van der Waals surface area contributed by atoms with Crippen molar-refractivity contribution in [3.05, 3.63) is 71.8 Å². The van der Waals surface area contributed by atoms with Crippen LogP contribution in [0.3, 0.4) is 0 Å². The first kappa shape index (κ1) is 21.6. The highest BCUT2D eigenvalue weighted by Crippen LogP contribution is 2.18. The average molecular weight is 382 g/mol. The van der Waals surface area contributed by atoms with Gasteiger partial charge in [0.25, 0.3) is 0 Å². The fraction of sp³-hybridized carbons (Fsp3) is 0.391. The van der Waals surface area contributed by atoms with E-state index >= 15 is 0 Å². The molecule has 2 aromatic rings. The molecule has 0 aliphatic heterocycles. The van der Waals surface area contributed by atoms with Gasteiger partial charge in [-0.25, -0.2) is 0 Å². The van der Waals surface area contributed by atoms with E-state index in [0.717, 1.165) is 11.1 Å². The number of benzene rings is 2. The Morgan fingerprint density at radius 1 is 0.893 bits per heavy atom. The summed E-state index contributed by atoms with van der Waals surface area (Å²) in [5, 5.41) is 6.03. The van der Waals surface area contributed by atoms with Crippen molar-refractivity contribution < 1.29 is 9.59 Å². The normalized spacial score (nSPS) is 12.5. The number of likely N-dealkylation sites (N-methyl/N-ethyl adjacent to an activating group) is 1. The maximum Gasteiger partial charge on any atom is 0.234 e. The molecule has 0 saturated heterocycles. The maximum atomic E-state index is 12.6. The highest BCUT2D eigenvalue weighted by atomic mass is 16.2. The summed E-state index contributed by atoms with van der Waals surface area (Å²) in [7, 11) is 1.77. The second-order valence-electron chi connectivity index (χ2n) is 8.19. The summed E-state index contributed by atoms with van der Waals surface area (Å²) in [6.07, 6.45) is 0.713. The minimum atomic E-state index is -0.283. The summed E-state index contributed by atoms with van der Waals surface area (Å²) in [6, 6.07) is 19.9.